The standard InChI is InChI=1S/C13H13ClN4O5/c1-22-11-7-5(2-15)3-18(10(7)16-13(14)17-11)12-9(21)8(20)6(4-19)23-12/h3,6,8-9,12,19-21H,4H2,1H3/t6-,8-,9-,12-/m1/s1. The Labute approximate surface area is 135 Å². The molecule has 1 aliphatic heterocycles. The van der Waals surface area contributed by atoms with Crippen LogP contribution in [0.4, 0.5) is 0 Å². The second-order valence-electron chi connectivity index (χ2n) is 4.99. The molecule has 23 heavy (non-hydrogen) atoms. The van der Waals surface area contributed by atoms with Crippen LogP contribution in [0.25, 0.3) is 11.0 Å². The molecule has 3 N–H and O–H groups in total. The van der Waals surface area contributed by atoms with Crippen LogP contribution in [0.5, 0.6) is 5.88 Å². The van der Waals surface area contributed by atoms with Crippen molar-refractivity contribution in [3.63, 3.8) is 0 Å². The number of fused-ring (bicyclic) bond motifs is 1. The van der Waals surface area contributed by atoms with Crippen molar-refractivity contribution in [2.45, 2.75) is 24.5 Å². The highest BCUT2D eigenvalue weighted by Crippen LogP contribution is 2.36. The Morgan fingerprint density at radius 2 is 2.17 bits per heavy atom. The van der Waals surface area contributed by atoms with E-state index in [1.807, 2.05) is 6.07 Å². The van der Waals surface area contributed by atoms with E-state index in [-0.39, 0.29) is 22.4 Å². The molecule has 0 radical (unpaired) electrons. The number of rotatable bonds is 3. The fourth-order valence-corrected chi connectivity index (χ4v) is 2.78. The van der Waals surface area contributed by atoms with Crippen LogP contribution in [-0.4, -0.2) is 61.9 Å². The predicted molar refractivity (Wildman–Crippen MR) is 76.8 cm³/mol. The number of hydrogen-bond acceptors (Lipinski definition) is 8. The summed E-state index contributed by atoms with van der Waals surface area (Å²) in [7, 11) is 1.38. The van der Waals surface area contributed by atoms with Gasteiger partial charge in [-0.25, -0.2) is 0 Å². The zero-order valence-corrected chi connectivity index (χ0v) is 12.7. The SMILES string of the molecule is COc1nc(Cl)nc2c1c(C#N)cn2[C@@H]1O[C@H](CO)[C@@H](O)[C@H]1O. The second kappa shape index (κ2) is 5.92. The minimum Gasteiger partial charge on any atom is -0.480 e. The third-order valence-electron chi connectivity index (χ3n) is 3.72. The van der Waals surface area contributed by atoms with Gasteiger partial charge < -0.3 is 29.4 Å². The minimum atomic E-state index is -1.31. The Bertz CT molecular complexity index is 789. The van der Waals surface area contributed by atoms with E-state index in [0.717, 1.165) is 0 Å². The van der Waals surface area contributed by atoms with Gasteiger partial charge in [-0.15, -0.1) is 0 Å². The molecular weight excluding hydrogens is 328 g/mol. The third kappa shape index (κ3) is 2.41. The molecule has 122 valence electrons. The molecule has 1 saturated heterocycles. The minimum absolute atomic E-state index is 0.107. The molecule has 3 heterocycles. The Morgan fingerprint density at radius 1 is 1.43 bits per heavy atom. The van der Waals surface area contributed by atoms with Crippen LogP contribution >= 0.6 is 11.6 Å². The maximum Gasteiger partial charge on any atom is 0.228 e. The Morgan fingerprint density at radius 3 is 2.74 bits per heavy atom. The first-order valence-corrected chi connectivity index (χ1v) is 7.04. The Balaban J connectivity index is 2.20. The van der Waals surface area contributed by atoms with E-state index in [9.17, 15) is 20.6 Å². The van der Waals surface area contributed by atoms with E-state index in [2.05, 4.69) is 9.97 Å². The van der Waals surface area contributed by atoms with Gasteiger partial charge in [0.2, 0.25) is 11.2 Å². The maximum atomic E-state index is 10.2. The van der Waals surface area contributed by atoms with Gasteiger partial charge in [0.15, 0.2) is 11.9 Å². The monoisotopic (exact) mass is 340 g/mol. The van der Waals surface area contributed by atoms with Crippen molar-refractivity contribution in [3.8, 4) is 11.9 Å². The van der Waals surface area contributed by atoms with Crippen molar-refractivity contribution < 1.29 is 24.8 Å². The lowest BCUT2D eigenvalue weighted by atomic mass is 10.1. The average molecular weight is 341 g/mol. The number of hydrogen-bond donors (Lipinski definition) is 3. The van der Waals surface area contributed by atoms with Crippen LogP contribution in [0.1, 0.15) is 11.8 Å². The van der Waals surface area contributed by atoms with Gasteiger partial charge in [0.25, 0.3) is 0 Å². The molecule has 0 amide bonds. The summed E-state index contributed by atoms with van der Waals surface area (Å²) in [6.07, 6.45) is -3.17. The van der Waals surface area contributed by atoms with Gasteiger partial charge in [-0.2, -0.15) is 15.2 Å². The molecule has 2 aromatic rings. The highest BCUT2D eigenvalue weighted by molar-refractivity contribution is 6.28. The largest absolute Gasteiger partial charge is 0.480 e. The van der Waals surface area contributed by atoms with Gasteiger partial charge >= 0.3 is 0 Å². The number of aromatic nitrogens is 3. The van der Waals surface area contributed by atoms with E-state index in [0.29, 0.717) is 5.39 Å². The fraction of sp³-hybridized carbons (Fsp3) is 0.462. The smallest absolute Gasteiger partial charge is 0.228 e. The number of ether oxygens (including phenoxy) is 2. The summed E-state index contributed by atoms with van der Waals surface area (Å²) in [5, 5.41) is 38.7. The Hall–Kier alpha value is -1.96. The zero-order valence-electron chi connectivity index (χ0n) is 11.9. The molecule has 2 aromatic heterocycles. The first-order valence-electron chi connectivity index (χ1n) is 6.66. The normalized spacial score (nSPS) is 27.3. The van der Waals surface area contributed by atoms with Crippen LogP contribution < -0.4 is 4.74 Å². The molecule has 0 saturated carbocycles. The highest BCUT2D eigenvalue weighted by Gasteiger charge is 2.44. The van der Waals surface area contributed by atoms with Crippen LogP contribution in [0, 0.1) is 11.3 Å². The van der Waals surface area contributed by atoms with Gasteiger partial charge in [-0.3, -0.25) is 0 Å². The summed E-state index contributed by atoms with van der Waals surface area (Å²) >= 11 is 5.86. The first kappa shape index (κ1) is 15.9. The average Bonchev–Trinajstić information content (AvgIpc) is 3.05. The number of methoxy groups -OCH3 is 1. The second-order valence-corrected chi connectivity index (χ2v) is 5.33. The van der Waals surface area contributed by atoms with Crippen molar-refractivity contribution in [1.29, 1.82) is 5.26 Å². The van der Waals surface area contributed by atoms with Gasteiger partial charge in [0, 0.05) is 6.20 Å². The molecule has 0 unspecified atom stereocenters. The van der Waals surface area contributed by atoms with Crippen LogP contribution in [-0.2, 0) is 4.74 Å². The van der Waals surface area contributed by atoms with Gasteiger partial charge in [-0.1, -0.05) is 0 Å². The number of aliphatic hydroxyl groups is 3. The lowest BCUT2D eigenvalue weighted by Crippen LogP contribution is -2.33. The summed E-state index contributed by atoms with van der Waals surface area (Å²) < 4.78 is 12.0. The highest BCUT2D eigenvalue weighted by atomic mass is 35.5. The molecule has 0 spiro atoms. The molecule has 1 aliphatic rings. The maximum absolute atomic E-state index is 10.2. The summed E-state index contributed by atoms with van der Waals surface area (Å²) in [4.78, 5) is 7.97. The lowest BCUT2D eigenvalue weighted by Gasteiger charge is -2.17. The van der Waals surface area contributed by atoms with Crippen LogP contribution in [0.15, 0.2) is 6.20 Å². The van der Waals surface area contributed by atoms with Crippen LogP contribution in [0.3, 0.4) is 0 Å². The molecule has 10 heteroatoms. The third-order valence-corrected chi connectivity index (χ3v) is 3.89. The van der Waals surface area contributed by atoms with Gasteiger partial charge in [0.1, 0.15) is 24.4 Å². The predicted octanol–water partition coefficient (Wildman–Crippen LogP) is -0.424. The van der Waals surface area contributed by atoms with Crippen molar-refractivity contribution in [1.82, 2.24) is 14.5 Å². The number of nitriles is 1. The van der Waals surface area contributed by atoms with Crippen molar-refractivity contribution in [2.24, 2.45) is 0 Å². The van der Waals surface area contributed by atoms with Gasteiger partial charge in [0.05, 0.1) is 24.7 Å². The van der Waals surface area contributed by atoms with Crippen molar-refractivity contribution in [2.75, 3.05) is 13.7 Å². The summed E-state index contributed by atoms with van der Waals surface area (Å²) in [5.74, 6) is 0.113. The molecule has 9 nitrogen and oxygen atoms in total. The molecule has 1 fully saturated rings. The fourth-order valence-electron chi connectivity index (χ4n) is 2.63. The number of aliphatic hydroxyl groups excluding tert-OH is 3. The summed E-state index contributed by atoms with van der Waals surface area (Å²) in [6, 6.07) is 1.99. The lowest BCUT2D eigenvalue weighted by molar-refractivity contribution is -0.0508. The molecular formula is C13H13ClN4O5. The molecule has 0 aromatic carbocycles. The molecule has 4 atom stereocenters. The molecule has 0 aliphatic carbocycles. The summed E-state index contributed by atoms with van der Waals surface area (Å²) in [5.41, 5.74) is 0.416. The first-order chi connectivity index (χ1) is 11.0. The van der Waals surface area contributed by atoms with Gasteiger partial charge in [-0.05, 0) is 11.6 Å². The molecule has 0 bridgehead atoms. The van der Waals surface area contributed by atoms with E-state index in [1.54, 1.807) is 0 Å². The molecule has 3 rings (SSSR count). The van der Waals surface area contributed by atoms with Crippen molar-refractivity contribution >= 4 is 22.6 Å². The zero-order chi connectivity index (χ0) is 16.7. The summed E-state index contributed by atoms with van der Waals surface area (Å²) in [6.45, 7) is -0.460. The van der Waals surface area contributed by atoms with E-state index < -0.39 is 31.1 Å². The quantitative estimate of drug-likeness (QED) is 0.641. The Kier molecular flexibility index (Phi) is 4.09. The number of nitrogens with zero attached hydrogens (tertiary/aromatic N) is 4. The van der Waals surface area contributed by atoms with E-state index in [1.165, 1.54) is 17.9 Å². The number of halogens is 1. The van der Waals surface area contributed by atoms with Crippen molar-refractivity contribution in [3.05, 3.63) is 17.0 Å². The topological polar surface area (TPSA) is 134 Å². The van der Waals surface area contributed by atoms with E-state index in [4.69, 9.17) is 21.1 Å². The van der Waals surface area contributed by atoms with E-state index >= 15 is 0 Å². The van der Waals surface area contributed by atoms with Crippen LogP contribution in [0.2, 0.25) is 5.28 Å².